The van der Waals surface area contributed by atoms with Crippen molar-refractivity contribution >= 4 is 5.91 Å². The predicted octanol–water partition coefficient (Wildman–Crippen LogP) is 2.25. The number of hydrogen-bond acceptors (Lipinski definition) is 5. The topological polar surface area (TPSA) is 72.3 Å². The molecule has 150 valence electrons. The molecule has 1 saturated carbocycles. The number of amides is 1. The molecular formula is C21H29N5O2. The Balaban J connectivity index is 1.55. The van der Waals surface area contributed by atoms with E-state index in [0.717, 1.165) is 56.9 Å². The Morgan fingerprint density at radius 2 is 2.14 bits per heavy atom. The van der Waals surface area contributed by atoms with Crippen LogP contribution in [0, 0.1) is 6.92 Å². The van der Waals surface area contributed by atoms with Gasteiger partial charge in [0.1, 0.15) is 0 Å². The van der Waals surface area contributed by atoms with Gasteiger partial charge in [-0.05, 0) is 43.4 Å². The van der Waals surface area contributed by atoms with E-state index in [0.29, 0.717) is 5.69 Å². The second-order valence-electron chi connectivity index (χ2n) is 7.82. The van der Waals surface area contributed by atoms with E-state index in [1.165, 1.54) is 24.0 Å². The number of carbonyl (C=O) groups excluding carboxylic acids is 1. The molecule has 2 aromatic rings. The van der Waals surface area contributed by atoms with Crippen LogP contribution >= 0.6 is 0 Å². The third-order valence-corrected chi connectivity index (χ3v) is 5.96. The number of aromatic nitrogens is 3. The lowest BCUT2D eigenvalue weighted by Gasteiger charge is -2.29. The molecule has 0 radical (unpaired) electrons. The summed E-state index contributed by atoms with van der Waals surface area (Å²) in [5.74, 6) is -0.105. The monoisotopic (exact) mass is 383 g/mol. The number of methoxy groups -OCH3 is 1. The molecule has 1 aliphatic carbocycles. The molecule has 2 aliphatic rings. The van der Waals surface area contributed by atoms with Gasteiger partial charge in [-0.1, -0.05) is 30.2 Å². The highest BCUT2D eigenvalue weighted by atomic mass is 16.5. The van der Waals surface area contributed by atoms with E-state index >= 15 is 0 Å². The Morgan fingerprint density at radius 3 is 2.93 bits per heavy atom. The molecule has 2 heterocycles. The summed E-state index contributed by atoms with van der Waals surface area (Å²) < 4.78 is 7.04. The molecule has 0 bridgehead atoms. The second-order valence-corrected chi connectivity index (χ2v) is 7.82. The molecule has 1 aromatic carbocycles. The number of benzene rings is 1. The van der Waals surface area contributed by atoms with Gasteiger partial charge < -0.3 is 10.1 Å². The molecule has 1 N–H and O–H groups in total. The minimum atomic E-state index is -0.105. The fourth-order valence-corrected chi connectivity index (χ4v) is 4.35. The van der Waals surface area contributed by atoms with Crippen LogP contribution in [0.1, 0.15) is 53.0 Å². The maximum Gasteiger partial charge on any atom is 0.273 e. The number of rotatable bonds is 6. The van der Waals surface area contributed by atoms with Crippen LogP contribution in [0.5, 0.6) is 0 Å². The lowest BCUT2D eigenvalue weighted by molar-refractivity contribution is 0.0932. The lowest BCUT2D eigenvalue weighted by atomic mass is 9.97. The molecule has 0 atom stereocenters. The van der Waals surface area contributed by atoms with Gasteiger partial charge in [-0.15, -0.1) is 5.10 Å². The van der Waals surface area contributed by atoms with Crippen molar-refractivity contribution in [1.29, 1.82) is 0 Å². The van der Waals surface area contributed by atoms with E-state index in [9.17, 15) is 4.79 Å². The Morgan fingerprint density at radius 1 is 1.32 bits per heavy atom. The Hall–Kier alpha value is -2.25. The van der Waals surface area contributed by atoms with Crippen LogP contribution in [0.3, 0.4) is 0 Å². The maximum atomic E-state index is 12.7. The quantitative estimate of drug-likeness (QED) is 0.828. The standard InChI is InChI=1S/C21H29N5O2/c1-15-20(21(27)22-17-7-3-4-8-17)23-24-26(15)19-9-5-6-16-14-25(12-13-28-2)11-10-18(16)19/h5-6,9,17H,3-4,7-8,10-14H2,1-2H3,(H,22,27). The molecule has 0 spiro atoms. The van der Waals surface area contributed by atoms with Gasteiger partial charge in [0.25, 0.3) is 5.91 Å². The zero-order chi connectivity index (χ0) is 19.5. The first-order valence-corrected chi connectivity index (χ1v) is 10.2. The molecular weight excluding hydrogens is 354 g/mol. The van der Waals surface area contributed by atoms with Gasteiger partial charge in [0, 0.05) is 32.8 Å². The first-order valence-electron chi connectivity index (χ1n) is 10.2. The minimum absolute atomic E-state index is 0.105. The summed E-state index contributed by atoms with van der Waals surface area (Å²) in [4.78, 5) is 15.1. The van der Waals surface area contributed by atoms with E-state index in [1.807, 2.05) is 11.6 Å². The number of carbonyl (C=O) groups is 1. The summed E-state index contributed by atoms with van der Waals surface area (Å²) in [5.41, 5.74) is 4.88. The molecule has 7 nitrogen and oxygen atoms in total. The highest BCUT2D eigenvalue weighted by Crippen LogP contribution is 2.26. The highest BCUT2D eigenvalue weighted by molar-refractivity contribution is 5.93. The minimum Gasteiger partial charge on any atom is -0.383 e. The smallest absolute Gasteiger partial charge is 0.273 e. The molecule has 1 aromatic heterocycles. The average Bonchev–Trinajstić information content (AvgIpc) is 3.35. The molecule has 4 rings (SSSR count). The summed E-state index contributed by atoms with van der Waals surface area (Å²) in [6, 6.07) is 6.59. The van der Waals surface area contributed by atoms with Crippen LogP contribution < -0.4 is 5.32 Å². The Bertz CT molecular complexity index is 841. The summed E-state index contributed by atoms with van der Waals surface area (Å²) in [7, 11) is 1.74. The van der Waals surface area contributed by atoms with Gasteiger partial charge in [0.15, 0.2) is 5.69 Å². The van der Waals surface area contributed by atoms with Gasteiger partial charge in [-0.3, -0.25) is 9.69 Å². The van der Waals surface area contributed by atoms with Crippen molar-refractivity contribution in [1.82, 2.24) is 25.2 Å². The summed E-state index contributed by atoms with van der Waals surface area (Å²) >= 11 is 0. The highest BCUT2D eigenvalue weighted by Gasteiger charge is 2.25. The zero-order valence-corrected chi connectivity index (χ0v) is 16.8. The maximum absolute atomic E-state index is 12.7. The van der Waals surface area contributed by atoms with Crippen LogP contribution in [0.25, 0.3) is 5.69 Å². The average molecular weight is 383 g/mol. The second kappa shape index (κ2) is 8.41. The Kier molecular flexibility index (Phi) is 5.73. The fraction of sp³-hybridized carbons (Fsp3) is 0.571. The predicted molar refractivity (Wildman–Crippen MR) is 107 cm³/mol. The van der Waals surface area contributed by atoms with Crippen LogP contribution in [-0.4, -0.2) is 58.6 Å². The van der Waals surface area contributed by atoms with Crippen LogP contribution in [0.15, 0.2) is 18.2 Å². The normalized spacial score (nSPS) is 17.6. The van der Waals surface area contributed by atoms with Gasteiger partial charge in [-0.25, -0.2) is 4.68 Å². The number of ether oxygens (including phenoxy) is 1. The van der Waals surface area contributed by atoms with Crippen LogP contribution in [0.4, 0.5) is 0 Å². The first kappa shape index (κ1) is 19.1. The third kappa shape index (κ3) is 3.82. The number of nitrogens with one attached hydrogen (secondary N) is 1. The van der Waals surface area contributed by atoms with Gasteiger partial charge >= 0.3 is 0 Å². The molecule has 0 unspecified atom stereocenters. The molecule has 7 heteroatoms. The zero-order valence-electron chi connectivity index (χ0n) is 16.8. The number of fused-ring (bicyclic) bond motifs is 1. The van der Waals surface area contributed by atoms with E-state index in [-0.39, 0.29) is 11.9 Å². The van der Waals surface area contributed by atoms with E-state index < -0.39 is 0 Å². The van der Waals surface area contributed by atoms with Gasteiger partial charge in [-0.2, -0.15) is 0 Å². The van der Waals surface area contributed by atoms with E-state index in [1.54, 1.807) is 7.11 Å². The van der Waals surface area contributed by atoms with E-state index in [4.69, 9.17) is 4.74 Å². The van der Waals surface area contributed by atoms with Gasteiger partial charge in [0.05, 0.1) is 18.0 Å². The van der Waals surface area contributed by atoms with Crippen molar-refractivity contribution in [2.45, 2.75) is 51.6 Å². The van der Waals surface area contributed by atoms with Crippen molar-refractivity contribution in [2.75, 3.05) is 26.8 Å². The fourth-order valence-electron chi connectivity index (χ4n) is 4.35. The SMILES string of the molecule is COCCN1CCc2c(cccc2-n2nnc(C(=O)NC3CCCC3)c2C)C1. The van der Waals surface area contributed by atoms with Crippen molar-refractivity contribution in [3.05, 3.63) is 40.7 Å². The van der Waals surface area contributed by atoms with E-state index in [2.05, 4.69) is 38.7 Å². The van der Waals surface area contributed by atoms with Crippen molar-refractivity contribution in [3.8, 4) is 5.69 Å². The van der Waals surface area contributed by atoms with Crippen molar-refractivity contribution in [2.24, 2.45) is 0 Å². The number of hydrogen-bond donors (Lipinski definition) is 1. The molecule has 1 aliphatic heterocycles. The third-order valence-electron chi connectivity index (χ3n) is 5.96. The molecule has 1 amide bonds. The molecule has 28 heavy (non-hydrogen) atoms. The summed E-state index contributed by atoms with van der Waals surface area (Å²) in [5, 5.41) is 11.7. The molecule has 0 saturated heterocycles. The van der Waals surface area contributed by atoms with Crippen molar-refractivity contribution in [3.63, 3.8) is 0 Å². The van der Waals surface area contributed by atoms with Crippen molar-refractivity contribution < 1.29 is 9.53 Å². The molecule has 1 fully saturated rings. The summed E-state index contributed by atoms with van der Waals surface area (Å²) in [6.45, 7) is 5.52. The number of nitrogens with zero attached hydrogens (tertiary/aromatic N) is 4. The Labute approximate surface area is 166 Å². The van der Waals surface area contributed by atoms with Gasteiger partial charge in [0.2, 0.25) is 0 Å². The van der Waals surface area contributed by atoms with Crippen LogP contribution in [-0.2, 0) is 17.7 Å². The summed E-state index contributed by atoms with van der Waals surface area (Å²) in [6.07, 6.45) is 5.45. The largest absolute Gasteiger partial charge is 0.383 e. The first-order chi connectivity index (χ1) is 13.7. The van der Waals surface area contributed by atoms with Crippen LogP contribution in [0.2, 0.25) is 0 Å². The lowest BCUT2D eigenvalue weighted by Crippen LogP contribution is -2.34.